The Morgan fingerprint density at radius 1 is 1.43 bits per heavy atom. The third kappa shape index (κ3) is 3.43. The Kier molecular flexibility index (Phi) is 4.45. The van der Waals surface area contributed by atoms with Crippen molar-refractivity contribution in [3.05, 3.63) is 42.2 Å². The maximum Gasteiger partial charge on any atom is 0.237 e. The second kappa shape index (κ2) is 6.52. The van der Waals surface area contributed by atoms with E-state index in [1.165, 1.54) is 0 Å². The van der Waals surface area contributed by atoms with Gasteiger partial charge in [0.15, 0.2) is 0 Å². The van der Waals surface area contributed by atoms with Gasteiger partial charge in [-0.3, -0.25) is 4.79 Å². The SMILES string of the molecule is CC(NC(=O)[C@@H]1C[C@@H](O)CN1)c1ccc(-c2nccn2C)cc1. The maximum absolute atomic E-state index is 12.2. The van der Waals surface area contributed by atoms with Crippen LogP contribution in [0.25, 0.3) is 11.4 Å². The lowest BCUT2D eigenvalue weighted by Crippen LogP contribution is -2.41. The number of carbonyl (C=O) groups excluding carboxylic acids is 1. The first kappa shape index (κ1) is 15.7. The van der Waals surface area contributed by atoms with Gasteiger partial charge in [-0.1, -0.05) is 24.3 Å². The molecule has 0 saturated carbocycles. The van der Waals surface area contributed by atoms with Crippen molar-refractivity contribution in [1.29, 1.82) is 0 Å². The Morgan fingerprint density at radius 3 is 2.74 bits per heavy atom. The predicted molar refractivity (Wildman–Crippen MR) is 87.6 cm³/mol. The minimum atomic E-state index is -0.432. The first-order chi connectivity index (χ1) is 11.0. The van der Waals surface area contributed by atoms with Crippen LogP contribution in [-0.4, -0.2) is 39.3 Å². The number of nitrogens with one attached hydrogen (secondary N) is 2. The van der Waals surface area contributed by atoms with Crippen LogP contribution in [0.3, 0.4) is 0 Å². The van der Waals surface area contributed by atoms with E-state index in [9.17, 15) is 9.90 Å². The fourth-order valence-electron chi connectivity index (χ4n) is 2.88. The molecule has 1 aliphatic rings. The average Bonchev–Trinajstić information content (AvgIpc) is 3.16. The highest BCUT2D eigenvalue weighted by molar-refractivity contribution is 5.82. The molecule has 1 unspecified atom stereocenters. The number of aromatic nitrogens is 2. The second-order valence-electron chi connectivity index (χ2n) is 6.06. The molecule has 1 aliphatic heterocycles. The largest absolute Gasteiger partial charge is 0.392 e. The van der Waals surface area contributed by atoms with E-state index in [-0.39, 0.29) is 18.0 Å². The van der Waals surface area contributed by atoms with E-state index in [0.717, 1.165) is 17.0 Å². The molecule has 122 valence electrons. The van der Waals surface area contributed by atoms with Gasteiger partial charge in [-0.15, -0.1) is 0 Å². The van der Waals surface area contributed by atoms with E-state index in [2.05, 4.69) is 15.6 Å². The highest BCUT2D eigenvalue weighted by Crippen LogP contribution is 2.20. The highest BCUT2D eigenvalue weighted by atomic mass is 16.3. The van der Waals surface area contributed by atoms with Crippen LogP contribution in [0.1, 0.15) is 24.9 Å². The molecule has 0 radical (unpaired) electrons. The molecule has 23 heavy (non-hydrogen) atoms. The molecule has 3 N–H and O–H groups in total. The second-order valence-corrected chi connectivity index (χ2v) is 6.06. The number of benzene rings is 1. The monoisotopic (exact) mass is 314 g/mol. The number of aliphatic hydroxyl groups is 1. The number of aliphatic hydroxyl groups excluding tert-OH is 1. The summed E-state index contributed by atoms with van der Waals surface area (Å²) in [6.45, 7) is 2.43. The summed E-state index contributed by atoms with van der Waals surface area (Å²) >= 11 is 0. The van der Waals surface area contributed by atoms with Crippen molar-refractivity contribution in [2.75, 3.05) is 6.54 Å². The topological polar surface area (TPSA) is 79.2 Å². The first-order valence-electron chi connectivity index (χ1n) is 7.84. The summed E-state index contributed by atoms with van der Waals surface area (Å²) in [4.78, 5) is 16.5. The van der Waals surface area contributed by atoms with Crippen molar-refractivity contribution >= 4 is 5.91 Å². The van der Waals surface area contributed by atoms with Gasteiger partial charge < -0.3 is 20.3 Å². The van der Waals surface area contributed by atoms with E-state index in [4.69, 9.17) is 0 Å². The van der Waals surface area contributed by atoms with Crippen molar-refractivity contribution in [2.24, 2.45) is 7.05 Å². The van der Waals surface area contributed by atoms with Gasteiger partial charge in [0.25, 0.3) is 0 Å². The van der Waals surface area contributed by atoms with E-state index in [0.29, 0.717) is 13.0 Å². The molecule has 0 bridgehead atoms. The number of aryl methyl sites for hydroxylation is 1. The summed E-state index contributed by atoms with van der Waals surface area (Å²) in [6.07, 6.45) is 3.72. The number of amides is 1. The Balaban J connectivity index is 1.65. The smallest absolute Gasteiger partial charge is 0.237 e. The standard InChI is InChI=1S/C17H22N4O2/c1-11(20-17(23)15-9-14(22)10-19-15)12-3-5-13(6-4-12)16-18-7-8-21(16)2/h3-8,11,14-15,19,22H,9-10H2,1-2H3,(H,20,23)/t11?,14-,15+/m1/s1. The summed E-state index contributed by atoms with van der Waals surface area (Å²) in [7, 11) is 1.96. The average molecular weight is 314 g/mol. The lowest BCUT2D eigenvalue weighted by Gasteiger charge is -2.18. The molecule has 2 aromatic rings. The number of imidazole rings is 1. The molecule has 3 atom stereocenters. The lowest BCUT2D eigenvalue weighted by molar-refractivity contribution is -0.123. The van der Waals surface area contributed by atoms with Gasteiger partial charge in [0.05, 0.1) is 18.2 Å². The van der Waals surface area contributed by atoms with Crippen molar-refractivity contribution in [3.8, 4) is 11.4 Å². The molecular formula is C17H22N4O2. The molecule has 6 heteroatoms. The summed E-state index contributed by atoms with van der Waals surface area (Å²) in [5.41, 5.74) is 2.08. The summed E-state index contributed by atoms with van der Waals surface area (Å²) in [5, 5.41) is 15.5. The molecule has 2 heterocycles. The predicted octanol–water partition coefficient (Wildman–Crippen LogP) is 0.987. The zero-order valence-electron chi connectivity index (χ0n) is 13.4. The minimum Gasteiger partial charge on any atom is -0.392 e. The molecule has 1 aromatic carbocycles. The normalized spacial score (nSPS) is 22.0. The summed E-state index contributed by atoms with van der Waals surface area (Å²) < 4.78 is 1.97. The van der Waals surface area contributed by atoms with Gasteiger partial charge in [0.1, 0.15) is 5.82 Å². The molecule has 0 spiro atoms. The van der Waals surface area contributed by atoms with Crippen LogP contribution in [0.2, 0.25) is 0 Å². The van der Waals surface area contributed by atoms with Gasteiger partial charge in [0, 0.05) is 31.5 Å². The third-order valence-electron chi connectivity index (χ3n) is 4.27. The Labute approximate surface area is 135 Å². The summed E-state index contributed by atoms with van der Waals surface area (Å²) in [6, 6.07) is 7.64. The third-order valence-corrected chi connectivity index (χ3v) is 4.27. The van der Waals surface area contributed by atoms with Crippen LogP contribution in [-0.2, 0) is 11.8 Å². The Hall–Kier alpha value is -2.18. The van der Waals surface area contributed by atoms with Crippen LogP contribution in [0.5, 0.6) is 0 Å². The van der Waals surface area contributed by atoms with Crippen LogP contribution in [0.4, 0.5) is 0 Å². The Bertz CT molecular complexity index is 680. The molecule has 1 aromatic heterocycles. The fourth-order valence-corrected chi connectivity index (χ4v) is 2.88. The number of nitrogens with zero attached hydrogens (tertiary/aromatic N) is 2. The van der Waals surface area contributed by atoms with Crippen molar-refractivity contribution < 1.29 is 9.90 Å². The minimum absolute atomic E-state index is 0.0674. The first-order valence-corrected chi connectivity index (χ1v) is 7.84. The van der Waals surface area contributed by atoms with E-state index >= 15 is 0 Å². The molecule has 1 amide bonds. The summed E-state index contributed by atoms with van der Waals surface area (Å²) in [5.74, 6) is 0.847. The molecule has 0 aliphatic carbocycles. The molecule has 3 rings (SSSR count). The van der Waals surface area contributed by atoms with Gasteiger partial charge in [-0.2, -0.15) is 0 Å². The van der Waals surface area contributed by atoms with Crippen molar-refractivity contribution in [1.82, 2.24) is 20.2 Å². The van der Waals surface area contributed by atoms with Crippen LogP contribution < -0.4 is 10.6 Å². The quantitative estimate of drug-likeness (QED) is 0.786. The number of carbonyl (C=O) groups is 1. The highest BCUT2D eigenvalue weighted by Gasteiger charge is 2.28. The van der Waals surface area contributed by atoms with E-state index in [1.807, 2.05) is 49.0 Å². The fraction of sp³-hybridized carbons (Fsp3) is 0.412. The van der Waals surface area contributed by atoms with Gasteiger partial charge in [-0.25, -0.2) is 4.98 Å². The number of rotatable bonds is 4. The molecule has 1 fully saturated rings. The number of β-amino-alcohol motifs (C(OH)–C–C–N with tert-alkyl or cyclic N) is 1. The van der Waals surface area contributed by atoms with Gasteiger partial charge in [0.2, 0.25) is 5.91 Å². The van der Waals surface area contributed by atoms with Crippen LogP contribution in [0, 0.1) is 0 Å². The molecule has 6 nitrogen and oxygen atoms in total. The zero-order chi connectivity index (χ0) is 16.4. The van der Waals surface area contributed by atoms with E-state index < -0.39 is 6.10 Å². The number of hydrogen-bond acceptors (Lipinski definition) is 4. The van der Waals surface area contributed by atoms with Gasteiger partial charge in [-0.05, 0) is 18.9 Å². The number of hydrogen-bond donors (Lipinski definition) is 3. The van der Waals surface area contributed by atoms with Crippen molar-refractivity contribution in [2.45, 2.75) is 31.5 Å². The lowest BCUT2D eigenvalue weighted by atomic mass is 10.0. The zero-order valence-corrected chi connectivity index (χ0v) is 13.4. The van der Waals surface area contributed by atoms with Gasteiger partial charge >= 0.3 is 0 Å². The molecule has 1 saturated heterocycles. The van der Waals surface area contributed by atoms with E-state index in [1.54, 1.807) is 6.20 Å². The Morgan fingerprint density at radius 2 is 2.17 bits per heavy atom. The maximum atomic E-state index is 12.2. The van der Waals surface area contributed by atoms with Crippen LogP contribution in [0.15, 0.2) is 36.7 Å². The van der Waals surface area contributed by atoms with Crippen molar-refractivity contribution in [3.63, 3.8) is 0 Å². The molecular weight excluding hydrogens is 292 g/mol. The van der Waals surface area contributed by atoms with Crippen LogP contribution >= 0.6 is 0 Å².